The third kappa shape index (κ3) is 5.75. The van der Waals surface area contributed by atoms with Crippen molar-refractivity contribution >= 4 is 16.8 Å². The van der Waals surface area contributed by atoms with E-state index in [0.717, 1.165) is 37.4 Å². The molecular weight excluding hydrogens is 302 g/mol. The second-order valence-electron chi connectivity index (χ2n) is 7.94. The van der Waals surface area contributed by atoms with Gasteiger partial charge in [0, 0.05) is 31.9 Å². The first-order valence-corrected chi connectivity index (χ1v) is 10.9. The predicted octanol–water partition coefficient (Wildman–Crippen LogP) is 3.78. The molecule has 0 bridgehead atoms. The molecule has 2 fully saturated rings. The van der Waals surface area contributed by atoms with Gasteiger partial charge in [0.15, 0.2) is 0 Å². The number of hydrogen-bond donors (Lipinski definition) is 1. The summed E-state index contributed by atoms with van der Waals surface area (Å²) in [5, 5.41) is 1.40. The highest BCUT2D eigenvalue weighted by molar-refractivity contribution is 8.14. The van der Waals surface area contributed by atoms with Crippen molar-refractivity contribution in [1.29, 1.82) is 0 Å². The lowest BCUT2D eigenvalue weighted by Gasteiger charge is -2.35. The van der Waals surface area contributed by atoms with Gasteiger partial charge in [0.05, 0.1) is 5.04 Å². The third-order valence-corrected chi connectivity index (χ3v) is 7.04. The Morgan fingerprint density at radius 1 is 0.913 bits per heavy atom. The Labute approximate surface area is 146 Å². The lowest BCUT2D eigenvalue weighted by Crippen LogP contribution is -2.38. The predicted molar refractivity (Wildman–Crippen MR) is 102 cm³/mol. The zero-order valence-electron chi connectivity index (χ0n) is 14.7. The summed E-state index contributed by atoms with van der Waals surface area (Å²) in [6.07, 6.45) is 12.8. The van der Waals surface area contributed by atoms with Crippen LogP contribution in [0.25, 0.3) is 0 Å². The van der Waals surface area contributed by atoms with Crippen LogP contribution in [0.2, 0.25) is 0 Å². The standard InChI is InChI=1S/C19H35N3S/c20-12-16-6-8-18(9-7-16)14-22(15-19-21-10-11-23-19)13-17-4-2-1-3-5-17/h16-18H,1-15,20H2. The van der Waals surface area contributed by atoms with Crippen molar-refractivity contribution in [2.45, 2.75) is 57.8 Å². The van der Waals surface area contributed by atoms with Crippen LogP contribution in [-0.4, -0.2) is 48.4 Å². The maximum Gasteiger partial charge on any atom is 0.0817 e. The average Bonchev–Trinajstić information content (AvgIpc) is 3.09. The highest BCUT2D eigenvalue weighted by Crippen LogP contribution is 2.30. The number of nitrogens with zero attached hydrogens (tertiary/aromatic N) is 2. The van der Waals surface area contributed by atoms with Gasteiger partial charge in [-0.1, -0.05) is 19.3 Å². The maximum absolute atomic E-state index is 5.85. The quantitative estimate of drug-likeness (QED) is 0.769. The van der Waals surface area contributed by atoms with E-state index in [1.54, 1.807) is 0 Å². The SMILES string of the molecule is NCC1CCC(CN(CC2=NCCS2)CC2CCCCC2)CC1. The molecule has 0 atom stereocenters. The lowest BCUT2D eigenvalue weighted by molar-refractivity contribution is 0.165. The van der Waals surface area contributed by atoms with Crippen LogP contribution in [0.5, 0.6) is 0 Å². The van der Waals surface area contributed by atoms with Crippen LogP contribution in [0.3, 0.4) is 0 Å². The smallest absolute Gasteiger partial charge is 0.0817 e. The molecule has 23 heavy (non-hydrogen) atoms. The molecular formula is C19H35N3S. The Kier molecular flexibility index (Phi) is 7.28. The fourth-order valence-electron chi connectivity index (χ4n) is 4.62. The van der Waals surface area contributed by atoms with Gasteiger partial charge in [-0.05, 0) is 62.8 Å². The molecule has 2 saturated carbocycles. The summed E-state index contributed by atoms with van der Waals surface area (Å²) >= 11 is 1.99. The molecule has 2 aliphatic carbocycles. The van der Waals surface area contributed by atoms with Crippen LogP contribution in [0.15, 0.2) is 4.99 Å². The van der Waals surface area contributed by atoms with Crippen LogP contribution in [0.4, 0.5) is 0 Å². The molecule has 0 unspecified atom stereocenters. The summed E-state index contributed by atoms with van der Waals surface area (Å²) in [4.78, 5) is 7.47. The van der Waals surface area contributed by atoms with Gasteiger partial charge in [-0.2, -0.15) is 0 Å². The summed E-state index contributed by atoms with van der Waals surface area (Å²) < 4.78 is 0. The Hall–Kier alpha value is -0.0600. The van der Waals surface area contributed by atoms with Crippen molar-refractivity contribution in [1.82, 2.24) is 4.90 Å². The van der Waals surface area contributed by atoms with Crippen LogP contribution < -0.4 is 5.73 Å². The maximum atomic E-state index is 5.85. The first-order valence-electron chi connectivity index (χ1n) is 9.92. The fourth-order valence-corrected chi connectivity index (χ4v) is 5.49. The highest BCUT2D eigenvalue weighted by Gasteiger charge is 2.25. The largest absolute Gasteiger partial charge is 0.330 e. The Bertz CT molecular complexity index is 371. The molecule has 0 spiro atoms. The molecule has 0 aromatic carbocycles. The second-order valence-corrected chi connectivity index (χ2v) is 9.11. The molecule has 3 nitrogen and oxygen atoms in total. The van der Waals surface area contributed by atoms with Gasteiger partial charge in [0.1, 0.15) is 0 Å². The van der Waals surface area contributed by atoms with E-state index in [0.29, 0.717) is 0 Å². The average molecular weight is 338 g/mol. The van der Waals surface area contributed by atoms with Gasteiger partial charge in [0.25, 0.3) is 0 Å². The van der Waals surface area contributed by atoms with Crippen molar-refractivity contribution < 1.29 is 0 Å². The van der Waals surface area contributed by atoms with Crippen molar-refractivity contribution in [2.75, 3.05) is 38.5 Å². The molecule has 0 aromatic heterocycles. The van der Waals surface area contributed by atoms with Crippen LogP contribution in [0, 0.1) is 17.8 Å². The van der Waals surface area contributed by atoms with Gasteiger partial charge in [0.2, 0.25) is 0 Å². The van der Waals surface area contributed by atoms with Crippen molar-refractivity contribution in [3.05, 3.63) is 0 Å². The number of nitrogens with two attached hydrogens (primary N) is 1. The Morgan fingerprint density at radius 2 is 1.57 bits per heavy atom. The fraction of sp³-hybridized carbons (Fsp3) is 0.947. The van der Waals surface area contributed by atoms with Gasteiger partial charge in [-0.25, -0.2) is 0 Å². The summed E-state index contributed by atoms with van der Waals surface area (Å²) in [6, 6.07) is 0. The van der Waals surface area contributed by atoms with E-state index in [1.807, 2.05) is 11.8 Å². The van der Waals surface area contributed by atoms with Crippen molar-refractivity contribution in [3.63, 3.8) is 0 Å². The van der Waals surface area contributed by atoms with Crippen molar-refractivity contribution in [2.24, 2.45) is 28.5 Å². The zero-order valence-corrected chi connectivity index (χ0v) is 15.5. The van der Waals surface area contributed by atoms with Gasteiger partial charge >= 0.3 is 0 Å². The Morgan fingerprint density at radius 3 is 2.17 bits per heavy atom. The van der Waals surface area contributed by atoms with E-state index in [2.05, 4.69) is 4.90 Å². The number of rotatable bonds is 7. The van der Waals surface area contributed by atoms with Crippen molar-refractivity contribution in [3.8, 4) is 0 Å². The normalized spacial score (nSPS) is 29.9. The molecule has 0 radical (unpaired) electrons. The molecule has 4 heteroatoms. The highest BCUT2D eigenvalue weighted by atomic mass is 32.2. The van der Waals surface area contributed by atoms with E-state index < -0.39 is 0 Å². The molecule has 2 N–H and O–H groups in total. The van der Waals surface area contributed by atoms with E-state index in [-0.39, 0.29) is 0 Å². The van der Waals surface area contributed by atoms with Gasteiger partial charge in [-0.15, -0.1) is 11.8 Å². The number of hydrogen-bond acceptors (Lipinski definition) is 4. The van der Waals surface area contributed by atoms with Gasteiger partial charge < -0.3 is 5.73 Å². The summed E-state index contributed by atoms with van der Waals surface area (Å²) in [5.41, 5.74) is 5.85. The molecule has 1 heterocycles. The van der Waals surface area contributed by atoms with E-state index in [4.69, 9.17) is 10.7 Å². The molecule has 0 amide bonds. The van der Waals surface area contributed by atoms with Gasteiger partial charge in [-0.3, -0.25) is 9.89 Å². The summed E-state index contributed by atoms with van der Waals surface area (Å²) in [6.45, 7) is 5.67. The minimum absolute atomic E-state index is 0.799. The topological polar surface area (TPSA) is 41.6 Å². The second kappa shape index (κ2) is 9.43. The first kappa shape index (κ1) is 17.8. The third-order valence-electron chi connectivity index (χ3n) is 6.06. The van der Waals surface area contributed by atoms with E-state index >= 15 is 0 Å². The number of thioether (sulfide) groups is 1. The van der Waals surface area contributed by atoms with Crippen LogP contribution in [-0.2, 0) is 0 Å². The molecule has 3 rings (SSSR count). The Balaban J connectivity index is 1.51. The molecule has 0 saturated heterocycles. The minimum Gasteiger partial charge on any atom is -0.330 e. The van der Waals surface area contributed by atoms with Crippen LogP contribution in [0.1, 0.15) is 57.8 Å². The molecule has 132 valence electrons. The minimum atomic E-state index is 0.799. The lowest BCUT2D eigenvalue weighted by atomic mass is 9.81. The van der Waals surface area contributed by atoms with E-state index in [1.165, 1.54) is 81.7 Å². The summed E-state index contributed by atoms with van der Waals surface area (Å²) in [7, 11) is 0. The molecule has 0 aromatic rings. The molecule has 3 aliphatic rings. The summed E-state index contributed by atoms with van der Waals surface area (Å²) in [5.74, 6) is 3.84. The van der Waals surface area contributed by atoms with E-state index in [9.17, 15) is 0 Å². The number of aliphatic imine (C=N–C) groups is 1. The first-order chi connectivity index (χ1) is 11.3. The monoisotopic (exact) mass is 337 g/mol. The van der Waals surface area contributed by atoms with Crippen LogP contribution >= 0.6 is 11.8 Å². The molecule has 1 aliphatic heterocycles. The zero-order chi connectivity index (χ0) is 15.9.